The summed E-state index contributed by atoms with van der Waals surface area (Å²) in [4.78, 5) is 14.1. The summed E-state index contributed by atoms with van der Waals surface area (Å²) >= 11 is 0. The van der Waals surface area contributed by atoms with E-state index >= 15 is 0 Å². The minimum absolute atomic E-state index is 0.346. The van der Waals surface area contributed by atoms with E-state index in [1.54, 1.807) is 13.0 Å². The molecule has 0 spiro atoms. The Morgan fingerprint density at radius 3 is 2.80 bits per heavy atom. The van der Waals surface area contributed by atoms with E-state index in [0.717, 1.165) is 31.7 Å². The van der Waals surface area contributed by atoms with Crippen LogP contribution in [-0.2, 0) is 9.47 Å². The van der Waals surface area contributed by atoms with Crippen LogP contribution in [0.15, 0.2) is 18.2 Å². The van der Waals surface area contributed by atoms with Crippen molar-refractivity contribution in [1.29, 1.82) is 0 Å². The molecule has 1 aliphatic heterocycles. The summed E-state index contributed by atoms with van der Waals surface area (Å²) in [5, 5.41) is 0. The molecule has 110 valence electrons. The number of esters is 1. The Labute approximate surface area is 119 Å². The number of hydrogen-bond donors (Lipinski definition) is 1. The fourth-order valence-corrected chi connectivity index (χ4v) is 2.43. The zero-order valence-corrected chi connectivity index (χ0v) is 12.1. The first kappa shape index (κ1) is 14.7. The number of carbonyl (C=O) groups is 1. The van der Waals surface area contributed by atoms with E-state index in [9.17, 15) is 4.79 Å². The topological polar surface area (TPSA) is 64.8 Å². The molecule has 0 bridgehead atoms. The van der Waals surface area contributed by atoms with Crippen molar-refractivity contribution in [3.8, 4) is 0 Å². The van der Waals surface area contributed by atoms with Crippen molar-refractivity contribution in [2.45, 2.75) is 25.8 Å². The normalized spacial score (nSPS) is 15.9. The van der Waals surface area contributed by atoms with Crippen LogP contribution in [0, 0.1) is 0 Å². The highest BCUT2D eigenvalue weighted by atomic mass is 16.5. The van der Waals surface area contributed by atoms with Crippen molar-refractivity contribution >= 4 is 17.3 Å². The molecule has 1 aliphatic rings. The van der Waals surface area contributed by atoms with Crippen LogP contribution in [0.4, 0.5) is 11.4 Å². The number of rotatable bonds is 4. The standard InChI is InChI=1S/C15H22N2O3/c1-3-20-15(18)13-10-12(4-5-14(13)16)17(2)11-6-8-19-9-7-11/h4-5,10-11H,3,6-9,16H2,1-2H3. The molecular weight excluding hydrogens is 256 g/mol. The van der Waals surface area contributed by atoms with E-state index in [4.69, 9.17) is 15.2 Å². The number of carbonyl (C=O) groups excluding carboxylic acids is 1. The maximum atomic E-state index is 11.9. The summed E-state index contributed by atoms with van der Waals surface area (Å²) in [7, 11) is 2.04. The number of hydrogen-bond acceptors (Lipinski definition) is 5. The molecule has 1 saturated heterocycles. The molecular formula is C15H22N2O3. The molecule has 5 heteroatoms. The maximum Gasteiger partial charge on any atom is 0.340 e. The SMILES string of the molecule is CCOC(=O)c1cc(N(C)C2CCOCC2)ccc1N. The molecule has 1 aromatic rings. The van der Waals surface area contributed by atoms with Gasteiger partial charge in [-0.25, -0.2) is 4.79 Å². The molecule has 1 fully saturated rings. The molecule has 1 aromatic carbocycles. The summed E-state index contributed by atoms with van der Waals surface area (Å²) in [5.41, 5.74) is 7.73. The molecule has 0 unspecified atom stereocenters. The first-order chi connectivity index (χ1) is 9.63. The highest BCUT2D eigenvalue weighted by Crippen LogP contribution is 2.25. The van der Waals surface area contributed by atoms with E-state index in [-0.39, 0.29) is 5.97 Å². The number of nitrogen functional groups attached to an aromatic ring is 1. The van der Waals surface area contributed by atoms with Gasteiger partial charge < -0.3 is 20.1 Å². The van der Waals surface area contributed by atoms with Gasteiger partial charge in [-0.05, 0) is 38.0 Å². The zero-order valence-electron chi connectivity index (χ0n) is 12.1. The minimum Gasteiger partial charge on any atom is -0.462 e. The number of anilines is 2. The summed E-state index contributed by atoms with van der Waals surface area (Å²) in [6.07, 6.45) is 1.99. The van der Waals surface area contributed by atoms with Gasteiger partial charge in [-0.1, -0.05) is 0 Å². The van der Waals surface area contributed by atoms with Crippen LogP contribution < -0.4 is 10.6 Å². The van der Waals surface area contributed by atoms with Crippen molar-refractivity contribution in [2.24, 2.45) is 0 Å². The summed E-state index contributed by atoms with van der Waals surface area (Å²) in [5.74, 6) is -0.368. The monoisotopic (exact) mass is 278 g/mol. The first-order valence-electron chi connectivity index (χ1n) is 7.00. The second-order valence-corrected chi connectivity index (χ2v) is 4.95. The maximum absolute atomic E-state index is 11.9. The highest BCUT2D eigenvalue weighted by Gasteiger charge is 2.20. The van der Waals surface area contributed by atoms with Gasteiger partial charge in [0, 0.05) is 37.7 Å². The third kappa shape index (κ3) is 3.22. The van der Waals surface area contributed by atoms with Gasteiger partial charge in [0.15, 0.2) is 0 Å². The van der Waals surface area contributed by atoms with Crippen LogP contribution in [0.2, 0.25) is 0 Å². The number of benzene rings is 1. The molecule has 0 amide bonds. The third-order valence-corrected chi connectivity index (χ3v) is 3.68. The average molecular weight is 278 g/mol. The van der Waals surface area contributed by atoms with Gasteiger partial charge in [-0.3, -0.25) is 0 Å². The molecule has 0 radical (unpaired) electrons. The average Bonchev–Trinajstić information content (AvgIpc) is 2.48. The van der Waals surface area contributed by atoms with E-state index in [1.165, 1.54) is 0 Å². The quantitative estimate of drug-likeness (QED) is 0.674. The molecule has 2 rings (SSSR count). The molecule has 0 atom stereocenters. The lowest BCUT2D eigenvalue weighted by molar-refractivity contribution is 0.0527. The Balaban J connectivity index is 2.19. The van der Waals surface area contributed by atoms with Gasteiger partial charge in [0.25, 0.3) is 0 Å². The second-order valence-electron chi connectivity index (χ2n) is 4.95. The van der Waals surface area contributed by atoms with Crippen LogP contribution >= 0.6 is 0 Å². The molecule has 0 aliphatic carbocycles. The van der Waals surface area contributed by atoms with Crippen molar-refractivity contribution in [3.63, 3.8) is 0 Å². The molecule has 20 heavy (non-hydrogen) atoms. The number of ether oxygens (including phenoxy) is 2. The smallest absolute Gasteiger partial charge is 0.340 e. The molecule has 2 N–H and O–H groups in total. The summed E-state index contributed by atoms with van der Waals surface area (Å²) < 4.78 is 10.4. The Morgan fingerprint density at radius 2 is 2.15 bits per heavy atom. The lowest BCUT2D eigenvalue weighted by Gasteiger charge is -2.33. The Morgan fingerprint density at radius 1 is 1.45 bits per heavy atom. The molecule has 0 aromatic heterocycles. The summed E-state index contributed by atoms with van der Waals surface area (Å²) in [6.45, 7) is 3.70. The van der Waals surface area contributed by atoms with Crippen LogP contribution in [0.3, 0.4) is 0 Å². The Hall–Kier alpha value is -1.75. The number of nitrogens with two attached hydrogens (primary N) is 1. The van der Waals surface area contributed by atoms with E-state index in [2.05, 4.69) is 4.90 Å². The largest absolute Gasteiger partial charge is 0.462 e. The highest BCUT2D eigenvalue weighted by molar-refractivity contribution is 5.96. The molecule has 5 nitrogen and oxygen atoms in total. The number of nitrogens with zero attached hydrogens (tertiary/aromatic N) is 1. The van der Waals surface area contributed by atoms with Crippen molar-refractivity contribution in [2.75, 3.05) is 37.5 Å². The van der Waals surface area contributed by atoms with Crippen molar-refractivity contribution < 1.29 is 14.3 Å². The van der Waals surface area contributed by atoms with E-state index in [1.807, 2.05) is 19.2 Å². The van der Waals surface area contributed by atoms with E-state index < -0.39 is 0 Å². The van der Waals surface area contributed by atoms with Crippen LogP contribution in [0.1, 0.15) is 30.1 Å². The fraction of sp³-hybridized carbons (Fsp3) is 0.533. The lowest BCUT2D eigenvalue weighted by atomic mass is 10.1. The van der Waals surface area contributed by atoms with Gasteiger partial charge in [0.2, 0.25) is 0 Å². The van der Waals surface area contributed by atoms with E-state index in [0.29, 0.717) is 23.9 Å². The van der Waals surface area contributed by atoms with Gasteiger partial charge in [-0.15, -0.1) is 0 Å². The fourth-order valence-electron chi connectivity index (χ4n) is 2.43. The van der Waals surface area contributed by atoms with Gasteiger partial charge in [0.05, 0.1) is 12.2 Å². The van der Waals surface area contributed by atoms with Crippen molar-refractivity contribution in [3.05, 3.63) is 23.8 Å². The van der Waals surface area contributed by atoms with Crippen LogP contribution in [0.25, 0.3) is 0 Å². The van der Waals surface area contributed by atoms with Gasteiger partial charge in [0.1, 0.15) is 0 Å². The molecule has 1 heterocycles. The Kier molecular flexibility index (Phi) is 4.84. The summed E-state index contributed by atoms with van der Waals surface area (Å²) in [6, 6.07) is 5.94. The minimum atomic E-state index is -0.368. The van der Waals surface area contributed by atoms with Gasteiger partial charge in [-0.2, -0.15) is 0 Å². The lowest BCUT2D eigenvalue weighted by Crippen LogP contribution is -2.36. The van der Waals surface area contributed by atoms with Crippen LogP contribution in [0.5, 0.6) is 0 Å². The molecule has 0 saturated carbocycles. The van der Waals surface area contributed by atoms with Crippen molar-refractivity contribution in [1.82, 2.24) is 0 Å². The van der Waals surface area contributed by atoms with Crippen LogP contribution in [-0.4, -0.2) is 38.9 Å². The van der Waals surface area contributed by atoms with Gasteiger partial charge >= 0.3 is 5.97 Å². The Bertz CT molecular complexity index is 470. The predicted octanol–water partition coefficient (Wildman–Crippen LogP) is 2.06. The second kappa shape index (κ2) is 6.61. The third-order valence-electron chi connectivity index (χ3n) is 3.68. The predicted molar refractivity (Wildman–Crippen MR) is 79.1 cm³/mol. The zero-order chi connectivity index (χ0) is 14.5. The first-order valence-corrected chi connectivity index (χ1v) is 7.00.